The molecule has 1 aromatic carbocycles. The summed E-state index contributed by atoms with van der Waals surface area (Å²) in [6.07, 6.45) is 0.846. The molecule has 0 aliphatic rings. The molecule has 2 aromatic rings. The van der Waals surface area contributed by atoms with Crippen LogP contribution in [0.15, 0.2) is 24.3 Å². The fraction of sp³-hybridized carbons (Fsp3) is 0.467. The number of rotatable bonds is 3. The third-order valence-corrected chi connectivity index (χ3v) is 3.35. The van der Waals surface area contributed by atoms with E-state index in [2.05, 4.69) is 62.3 Å². The van der Waals surface area contributed by atoms with Crippen LogP contribution in [0.3, 0.4) is 0 Å². The van der Waals surface area contributed by atoms with Crippen LogP contribution in [0.5, 0.6) is 0 Å². The summed E-state index contributed by atoms with van der Waals surface area (Å²) >= 11 is 0. The van der Waals surface area contributed by atoms with E-state index < -0.39 is 0 Å². The van der Waals surface area contributed by atoms with Gasteiger partial charge in [0.05, 0.1) is 12.2 Å². The fourth-order valence-corrected chi connectivity index (χ4v) is 2.12. The van der Waals surface area contributed by atoms with Crippen molar-refractivity contribution in [2.45, 2.75) is 46.1 Å². The number of nitrogens with two attached hydrogens (primary N) is 1. The normalized spacial score (nSPS) is 11.8. The van der Waals surface area contributed by atoms with Crippen molar-refractivity contribution >= 4 is 5.82 Å². The highest BCUT2D eigenvalue weighted by atomic mass is 15.4. The maximum absolute atomic E-state index is 5.79. The van der Waals surface area contributed by atoms with Gasteiger partial charge >= 0.3 is 0 Å². The van der Waals surface area contributed by atoms with Gasteiger partial charge in [-0.2, -0.15) is 0 Å². The van der Waals surface area contributed by atoms with Gasteiger partial charge in [-0.15, -0.1) is 5.10 Å². The number of benzene rings is 1. The van der Waals surface area contributed by atoms with E-state index in [1.165, 1.54) is 11.1 Å². The number of nitrogens with zero attached hydrogens (tertiary/aromatic N) is 3. The van der Waals surface area contributed by atoms with E-state index in [1.807, 2.05) is 4.68 Å². The topological polar surface area (TPSA) is 56.7 Å². The number of aromatic nitrogens is 3. The molecular formula is C15H22N4. The summed E-state index contributed by atoms with van der Waals surface area (Å²) in [5.74, 6) is 0.536. The second-order valence-corrected chi connectivity index (χ2v) is 5.88. The van der Waals surface area contributed by atoms with Crippen molar-refractivity contribution < 1.29 is 0 Å². The lowest BCUT2D eigenvalue weighted by molar-refractivity contribution is 0.588. The van der Waals surface area contributed by atoms with Gasteiger partial charge in [0.2, 0.25) is 0 Å². The van der Waals surface area contributed by atoms with Gasteiger partial charge in [0.1, 0.15) is 0 Å². The monoisotopic (exact) mass is 258 g/mol. The first kappa shape index (κ1) is 13.6. The molecule has 0 atom stereocenters. The second kappa shape index (κ2) is 5.03. The van der Waals surface area contributed by atoms with Crippen molar-refractivity contribution in [2.24, 2.45) is 0 Å². The first-order valence-electron chi connectivity index (χ1n) is 6.69. The SMILES string of the molecule is CCc1c(N)nnn1Cc1ccc(C(C)(C)C)cc1. The molecule has 2 N–H and O–H groups in total. The molecule has 19 heavy (non-hydrogen) atoms. The summed E-state index contributed by atoms with van der Waals surface area (Å²) in [5, 5.41) is 8.03. The van der Waals surface area contributed by atoms with Crippen LogP contribution < -0.4 is 5.73 Å². The Morgan fingerprint density at radius 2 is 1.79 bits per heavy atom. The molecule has 1 heterocycles. The Kier molecular flexibility index (Phi) is 3.60. The largest absolute Gasteiger partial charge is 0.381 e. The Morgan fingerprint density at radius 1 is 1.16 bits per heavy atom. The predicted octanol–water partition coefficient (Wildman–Crippen LogP) is 2.77. The molecule has 0 aliphatic carbocycles. The van der Waals surface area contributed by atoms with E-state index in [1.54, 1.807) is 0 Å². The van der Waals surface area contributed by atoms with Gasteiger partial charge in [-0.05, 0) is 23.0 Å². The molecule has 0 unspecified atom stereocenters. The maximum atomic E-state index is 5.79. The number of hydrogen-bond acceptors (Lipinski definition) is 3. The van der Waals surface area contributed by atoms with Crippen LogP contribution >= 0.6 is 0 Å². The van der Waals surface area contributed by atoms with Crippen LogP contribution in [-0.2, 0) is 18.4 Å². The highest BCUT2D eigenvalue weighted by Crippen LogP contribution is 2.22. The van der Waals surface area contributed by atoms with E-state index in [4.69, 9.17) is 5.73 Å². The van der Waals surface area contributed by atoms with E-state index in [9.17, 15) is 0 Å². The molecule has 0 aliphatic heterocycles. The van der Waals surface area contributed by atoms with Gasteiger partial charge in [0.25, 0.3) is 0 Å². The van der Waals surface area contributed by atoms with Crippen LogP contribution in [-0.4, -0.2) is 15.0 Å². The molecule has 0 spiro atoms. The van der Waals surface area contributed by atoms with Gasteiger partial charge in [0.15, 0.2) is 5.82 Å². The number of anilines is 1. The number of nitrogen functional groups attached to an aromatic ring is 1. The van der Waals surface area contributed by atoms with Crippen molar-refractivity contribution in [1.29, 1.82) is 0 Å². The van der Waals surface area contributed by atoms with E-state index in [0.29, 0.717) is 5.82 Å². The zero-order valence-electron chi connectivity index (χ0n) is 12.1. The first-order valence-corrected chi connectivity index (χ1v) is 6.69. The highest BCUT2D eigenvalue weighted by molar-refractivity contribution is 5.34. The van der Waals surface area contributed by atoms with Crippen molar-refractivity contribution in [1.82, 2.24) is 15.0 Å². The molecule has 4 heteroatoms. The molecule has 102 valence electrons. The average Bonchev–Trinajstić information content (AvgIpc) is 2.69. The zero-order chi connectivity index (χ0) is 14.0. The Morgan fingerprint density at radius 3 is 2.32 bits per heavy atom. The van der Waals surface area contributed by atoms with Crippen LogP contribution in [0.2, 0.25) is 0 Å². The average molecular weight is 258 g/mol. The Labute approximate surface area is 114 Å². The molecule has 0 saturated heterocycles. The van der Waals surface area contributed by atoms with Crippen LogP contribution in [0.1, 0.15) is 44.5 Å². The summed E-state index contributed by atoms with van der Waals surface area (Å²) in [6, 6.07) is 8.66. The fourth-order valence-electron chi connectivity index (χ4n) is 2.12. The quantitative estimate of drug-likeness (QED) is 0.921. The van der Waals surface area contributed by atoms with Gasteiger partial charge in [-0.1, -0.05) is 57.2 Å². The Bertz CT molecular complexity index is 547. The Balaban J connectivity index is 2.20. The third-order valence-electron chi connectivity index (χ3n) is 3.35. The number of hydrogen-bond donors (Lipinski definition) is 1. The maximum Gasteiger partial charge on any atom is 0.169 e. The molecule has 0 fully saturated rings. The molecule has 4 nitrogen and oxygen atoms in total. The smallest absolute Gasteiger partial charge is 0.169 e. The molecule has 0 amide bonds. The minimum Gasteiger partial charge on any atom is -0.381 e. The van der Waals surface area contributed by atoms with Gasteiger partial charge < -0.3 is 5.73 Å². The summed E-state index contributed by atoms with van der Waals surface area (Å²) in [5.41, 5.74) is 9.53. The van der Waals surface area contributed by atoms with Crippen molar-refractivity contribution in [3.05, 3.63) is 41.1 Å². The second-order valence-electron chi connectivity index (χ2n) is 5.88. The highest BCUT2D eigenvalue weighted by Gasteiger charge is 2.13. The van der Waals surface area contributed by atoms with Gasteiger partial charge in [0, 0.05) is 0 Å². The summed E-state index contributed by atoms with van der Waals surface area (Å²) in [6.45, 7) is 9.44. The van der Waals surface area contributed by atoms with Crippen molar-refractivity contribution in [3.63, 3.8) is 0 Å². The van der Waals surface area contributed by atoms with Crippen LogP contribution in [0, 0.1) is 0 Å². The Hall–Kier alpha value is -1.84. The molecule has 0 radical (unpaired) electrons. The van der Waals surface area contributed by atoms with E-state index in [0.717, 1.165) is 18.7 Å². The molecule has 1 aromatic heterocycles. The molecule has 2 rings (SSSR count). The van der Waals surface area contributed by atoms with Crippen LogP contribution in [0.4, 0.5) is 5.82 Å². The summed E-state index contributed by atoms with van der Waals surface area (Å²) in [7, 11) is 0. The molecule has 0 saturated carbocycles. The van der Waals surface area contributed by atoms with E-state index in [-0.39, 0.29) is 5.41 Å². The van der Waals surface area contributed by atoms with Gasteiger partial charge in [-0.25, -0.2) is 4.68 Å². The zero-order valence-corrected chi connectivity index (χ0v) is 12.1. The first-order chi connectivity index (χ1) is 8.91. The summed E-state index contributed by atoms with van der Waals surface area (Å²) < 4.78 is 1.88. The predicted molar refractivity (Wildman–Crippen MR) is 78.1 cm³/mol. The molecular weight excluding hydrogens is 236 g/mol. The minimum absolute atomic E-state index is 0.185. The summed E-state index contributed by atoms with van der Waals surface area (Å²) in [4.78, 5) is 0. The lowest BCUT2D eigenvalue weighted by Gasteiger charge is -2.19. The van der Waals surface area contributed by atoms with Crippen molar-refractivity contribution in [2.75, 3.05) is 5.73 Å². The third kappa shape index (κ3) is 2.95. The molecule has 0 bridgehead atoms. The van der Waals surface area contributed by atoms with E-state index >= 15 is 0 Å². The standard InChI is InChI=1S/C15H22N4/c1-5-13-14(16)17-18-19(13)10-11-6-8-12(9-7-11)15(2,3)4/h6-9H,5,10,16H2,1-4H3. The lowest BCUT2D eigenvalue weighted by Crippen LogP contribution is -2.11. The minimum atomic E-state index is 0.185. The lowest BCUT2D eigenvalue weighted by atomic mass is 9.87. The van der Waals surface area contributed by atoms with Crippen LogP contribution in [0.25, 0.3) is 0 Å². The van der Waals surface area contributed by atoms with Gasteiger partial charge in [-0.3, -0.25) is 0 Å². The van der Waals surface area contributed by atoms with Crippen molar-refractivity contribution in [3.8, 4) is 0 Å².